The molecule has 0 bridgehead atoms. The smallest absolute Gasteiger partial charge is 0.153 e. The Kier molecular flexibility index (Phi) is 6.70. The molecule has 0 heterocycles. The first-order valence-corrected chi connectivity index (χ1v) is 9.31. The molecule has 1 aliphatic rings. The standard InChI is InChI=1S/C24H20O6/c25-12-19-5-1-3-7-22(19)29-15-18-9-10-24(16-28,21(11-18)14-27)17-30-23-8-4-2-6-20(23)13-26/h1-14,16,21H,15,17H2. The predicted molar refractivity (Wildman–Crippen MR) is 110 cm³/mol. The van der Waals surface area contributed by atoms with Gasteiger partial charge in [-0.25, -0.2) is 0 Å². The number of hydrogen-bond donors (Lipinski definition) is 0. The summed E-state index contributed by atoms with van der Waals surface area (Å²) in [5.74, 6) is 0.0177. The molecule has 2 aromatic carbocycles. The topological polar surface area (TPSA) is 86.7 Å². The van der Waals surface area contributed by atoms with E-state index in [4.69, 9.17) is 9.47 Å². The van der Waals surface area contributed by atoms with Crippen LogP contribution in [0.1, 0.15) is 20.7 Å². The normalized spacial score (nSPS) is 20.0. The second kappa shape index (κ2) is 9.60. The van der Waals surface area contributed by atoms with Crippen molar-refractivity contribution < 1.29 is 28.7 Å². The van der Waals surface area contributed by atoms with Crippen LogP contribution in [-0.4, -0.2) is 38.4 Å². The van der Waals surface area contributed by atoms with E-state index in [0.29, 0.717) is 53.3 Å². The molecule has 1 aliphatic carbocycles. The lowest BCUT2D eigenvalue weighted by Crippen LogP contribution is -2.38. The molecule has 0 saturated carbocycles. The summed E-state index contributed by atoms with van der Waals surface area (Å²) >= 11 is 0. The molecule has 2 aromatic rings. The van der Waals surface area contributed by atoms with Crippen LogP contribution >= 0.6 is 0 Å². The SMILES string of the molecule is O=Cc1ccccc1OCC1=CC(C=O)C(C=O)(COc2ccccc2C=O)C=C1. The average molecular weight is 404 g/mol. The highest BCUT2D eigenvalue weighted by Crippen LogP contribution is 2.34. The van der Waals surface area contributed by atoms with Crippen molar-refractivity contribution in [2.24, 2.45) is 11.3 Å². The van der Waals surface area contributed by atoms with Gasteiger partial charge in [-0.15, -0.1) is 0 Å². The second-order valence-electron chi connectivity index (χ2n) is 6.86. The Labute approximate surface area is 173 Å². The summed E-state index contributed by atoms with van der Waals surface area (Å²) < 4.78 is 11.4. The van der Waals surface area contributed by atoms with Gasteiger partial charge in [-0.1, -0.05) is 42.5 Å². The molecule has 0 aromatic heterocycles. The fourth-order valence-electron chi connectivity index (χ4n) is 3.16. The van der Waals surface area contributed by atoms with Crippen molar-refractivity contribution >= 4 is 25.1 Å². The lowest BCUT2D eigenvalue weighted by atomic mass is 9.73. The van der Waals surface area contributed by atoms with Crippen LogP contribution in [0.2, 0.25) is 0 Å². The zero-order valence-electron chi connectivity index (χ0n) is 16.1. The molecule has 2 atom stereocenters. The zero-order chi connectivity index (χ0) is 21.4. The fraction of sp³-hybridized carbons (Fsp3) is 0.167. The van der Waals surface area contributed by atoms with Gasteiger partial charge < -0.3 is 19.1 Å². The van der Waals surface area contributed by atoms with E-state index in [2.05, 4.69) is 0 Å². The van der Waals surface area contributed by atoms with Crippen LogP contribution in [0, 0.1) is 11.3 Å². The van der Waals surface area contributed by atoms with Crippen molar-refractivity contribution in [2.45, 2.75) is 0 Å². The highest BCUT2D eigenvalue weighted by molar-refractivity contribution is 5.80. The first-order valence-electron chi connectivity index (χ1n) is 9.31. The van der Waals surface area contributed by atoms with Crippen molar-refractivity contribution in [3.8, 4) is 11.5 Å². The third-order valence-electron chi connectivity index (χ3n) is 4.95. The van der Waals surface area contributed by atoms with Crippen molar-refractivity contribution in [1.82, 2.24) is 0 Å². The minimum Gasteiger partial charge on any atom is -0.491 e. The monoisotopic (exact) mass is 404 g/mol. The maximum absolute atomic E-state index is 11.9. The zero-order valence-corrected chi connectivity index (χ0v) is 16.1. The highest BCUT2D eigenvalue weighted by atomic mass is 16.5. The molecule has 0 saturated heterocycles. The van der Waals surface area contributed by atoms with E-state index in [1.54, 1.807) is 66.8 Å². The van der Waals surface area contributed by atoms with E-state index in [9.17, 15) is 19.2 Å². The summed E-state index contributed by atoms with van der Waals surface area (Å²) in [5.41, 5.74) is 0.287. The van der Waals surface area contributed by atoms with Crippen molar-refractivity contribution in [3.05, 3.63) is 83.5 Å². The lowest BCUT2D eigenvalue weighted by Gasteiger charge is -2.31. The van der Waals surface area contributed by atoms with Crippen LogP contribution in [0.25, 0.3) is 0 Å². The molecule has 3 rings (SSSR count). The number of ether oxygens (including phenoxy) is 2. The summed E-state index contributed by atoms with van der Waals surface area (Å²) in [6.07, 6.45) is 7.72. The third-order valence-corrected chi connectivity index (χ3v) is 4.95. The molecule has 0 spiro atoms. The molecule has 30 heavy (non-hydrogen) atoms. The number of carbonyl (C=O) groups excluding carboxylic acids is 4. The summed E-state index contributed by atoms with van der Waals surface area (Å²) in [4.78, 5) is 46.0. The van der Waals surface area contributed by atoms with E-state index in [1.807, 2.05) is 0 Å². The first kappa shape index (κ1) is 20.9. The Hall–Kier alpha value is -3.80. The minimum atomic E-state index is -1.19. The number of aldehydes is 4. The largest absolute Gasteiger partial charge is 0.491 e. The van der Waals surface area contributed by atoms with E-state index >= 15 is 0 Å². The summed E-state index contributed by atoms with van der Waals surface area (Å²) in [5, 5.41) is 0. The summed E-state index contributed by atoms with van der Waals surface area (Å²) in [6, 6.07) is 13.5. The Morgan fingerprint density at radius 2 is 1.43 bits per heavy atom. The van der Waals surface area contributed by atoms with Crippen LogP contribution in [0.4, 0.5) is 0 Å². The Bertz CT molecular complexity index is 1010. The molecule has 0 N–H and O–H groups in total. The van der Waals surface area contributed by atoms with Crippen molar-refractivity contribution in [3.63, 3.8) is 0 Å². The van der Waals surface area contributed by atoms with E-state index in [0.717, 1.165) is 0 Å². The van der Waals surface area contributed by atoms with Gasteiger partial charge in [0.25, 0.3) is 0 Å². The number of rotatable bonds is 10. The molecule has 0 amide bonds. The third kappa shape index (κ3) is 4.43. The number of hydrogen-bond acceptors (Lipinski definition) is 6. The second-order valence-corrected chi connectivity index (χ2v) is 6.86. The highest BCUT2D eigenvalue weighted by Gasteiger charge is 2.38. The van der Waals surface area contributed by atoms with Gasteiger partial charge in [0.1, 0.15) is 37.3 Å². The molecule has 6 nitrogen and oxygen atoms in total. The van der Waals surface area contributed by atoms with Crippen LogP contribution in [-0.2, 0) is 9.59 Å². The molecular weight excluding hydrogens is 384 g/mol. The minimum absolute atomic E-state index is 0.0973. The van der Waals surface area contributed by atoms with Crippen LogP contribution in [0.5, 0.6) is 11.5 Å². The van der Waals surface area contributed by atoms with E-state index < -0.39 is 11.3 Å². The summed E-state index contributed by atoms with van der Waals surface area (Å²) in [7, 11) is 0. The lowest BCUT2D eigenvalue weighted by molar-refractivity contribution is -0.123. The molecule has 0 aliphatic heterocycles. The van der Waals surface area contributed by atoms with Crippen LogP contribution in [0.3, 0.4) is 0 Å². The van der Waals surface area contributed by atoms with Crippen molar-refractivity contribution in [2.75, 3.05) is 13.2 Å². The van der Waals surface area contributed by atoms with Gasteiger partial charge in [-0.2, -0.15) is 0 Å². The average Bonchev–Trinajstić information content (AvgIpc) is 2.81. The van der Waals surface area contributed by atoms with Crippen LogP contribution in [0.15, 0.2) is 72.3 Å². The van der Waals surface area contributed by atoms with Crippen LogP contribution < -0.4 is 9.47 Å². The number of benzene rings is 2. The molecular formula is C24H20O6. The van der Waals surface area contributed by atoms with Gasteiger partial charge in [0, 0.05) is 0 Å². The Balaban J connectivity index is 1.74. The maximum Gasteiger partial charge on any atom is 0.153 e. The molecule has 6 heteroatoms. The fourth-order valence-corrected chi connectivity index (χ4v) is 3.16. The first-order chi connectivity index (χ1) is 14.7. The Morgan fingerprint density at radius 1 is 0.833 bits per heavy atom. The quantitative estimate of drug-likeness (QED) is 0.565. The predicted octanol–water partition coefficient (Wildman–Crippen LogP) is 3.27. The molecule has 2 unspecified atom stereocenters. The molecule has 0 radical (unpaired) electrons. The van der Waals surface area contributed by atoms with Gasteiger partial charge in [-0.05, 0) is 29.8 Å². The molecule has 0 fully saturated rings. The maximum atomic E-state index is 11.9. The van der Waals surface area contributed by atoms with Gasteiger partial charge >= 0.3 is 0 Å². The van der Waals surface area contributed by atoms with Gasteiger partial charge in [0.15, 0.2) is 12.6 Å². The van der Waals surface area contributed by atoms with Crippen molar-refractivity contribution in [1.29, 1.82) is 0 Å². The number of para-hydroxylation sites is 2. The van der Waals surface area contributed by atoms with E-state index in [1.165, 1.54) is 0 Å². The van der Waals surface area contributed by atoms with E-state index in [-0.39, 0.29) is 13.2 Å². The van der Waals surface area contributed by atoms with Gasteiger partial charge in [0.05, 0.1) is 22.5 Å². The number of carbonyl (C=O) groups is 4. The van der Waals surface area contributed by atoms with Gasteiger partial charge in [0.2, 0.25) is 0 Å². The summed E-state index contributed by atoms with van der Waals surface area (Å²) in [6.45, 7) is 0.0370. The molecule has 152 valence electrons. The van der Waals surface area contributed by atoms with Gasteiger partial charge in [-0.3, -0.25) is 9.59 Å². The Morgan fingerprint density at radius 3 is 2.00 bits per heavy atom. The number of allylic oxidation sites excluding steroid dienone is 1.